The van der Waals surface area contributed by atoms with E-state index in [0.717, 1.165) is 31.3 Å². The summed E-state index contributed by atoms with van der Waals surface area (Å²) < 4.78 is 16.3. The maximum Gasteiger partial charge on any atom is 0.407 e. The molecule has 1 saturated carbocycles. The molecule has 0 aromatic rings. The number of allylic oxidation sites excluding steroid dienone is 5. The first-order valence-electron chi connectivity index (χ1n) is 23.9. The van der Waals surface area contributed by atoms with E-state index in [0.29, 0.717) is 38.1 Å². The van der Waals surface area contributed by atoms with E-state index in [2.05, 4.69) is 38.4 Å². The van der Waals surface area contributed by atoms with Gasteiger partial charge in [-0.2, -0.15) is 0 Å². The number of nitrogens with one attached hydrogen (secondary N) is 5. The number of esters is 1. The van der Waals surface area contributed by atoms with E-state index < -0.39 is 46.7 Å². The van der Waals surface area contributed by atoms with Crippen molar-refractivity contribution in [2.45, 2.75) is 136 Å². The lowest BCUT2D eigenvalue weighted by Crippen LogP contribution is -2.52. The molecular formula is C51H74N6O11S. The molecule has 18 heteroatoms. The van der Waals surface area contributed by atoms with Crippen LogP contribution in [0.25, 0.3) is 0 Å². The Kier molecular flexibility index (Phi) is 24.9. The Bertz CT molecular complexity index is 2020. The first-order valence-corrected chi connectivity index (χ1v) is 24.9. The molecule has 0 aromatic carbocycles. The molecule has 0 aromatic heterocycles. The molecule has 69 heavy (non-hydrogen) atoms. The van der Waals surface area contributed by atoms with Crippen LogP contribution in [0.3, 0.4) is 0 Å². The van der Waals surface area contributed by atoms with Crippen LogP contribution in [-0.4, -0.2) is 115 Å². The van der Waals surface area contributed by atoms with Gasteiger partial charge < -0.3 is 40.8 Å². The van der Waals surface area contributed by atoms with E-state index in [4.69, 9.17) is 14.2 Å². The Labute approximate surface area is 412 Å². The van der Waals surface area contributed by atoms with Crippen molar-refractivity contribution in [1.29, 1.82) is 0 Å². The van der Waals surface area contributed by atoms with Crippen molar-refractivity contribution in [2.24, 2.45) is 23.2 Å². The van der Waals surface area contributed by atoms with Gasteiger partial charge in [-0.25, -0.2) is 9.59 Å². The molecule has 0 bridgehead atoms. The zero-order valence-corrected chi connectivity index (χ0v) is 42.4. The zero-order valence-electron chi connectivity index (χ0n) is 41.6. The molecule has 3 rings (SSSR count). The third-order valence-electron chi connectivity index (χ3n) is 11.9. The number of alkyl carbamates (subject to hydrolysis) is 1. The van der Waals surface area contributed by atoms with Crippen LogP contribution in [0.2, 0.25) is 0 Å². The average Bonchev–Trinajstić information content (AvgIpc) is 3.43. The average molecular weight is 979 g/mol. The molecule has 2 fully saturated rings. The third kappa shape index (κ3) is 20.7. The molecule has 2 aliphatic heterocycles. The zero-order chi connectivity index (χ0) is 50.9. The highest BCUT2D eigenvalue weighted by Gasteiger charge is 2.40. The standard InChI is InChI=1S/C51H74N6O11S/c1-9-10-17-38(67-50(65)55-29-15-28-53-42(58)26-30-69-41-32-44(60)57(48(41)63)33-36-22-24-37(25-23-36)46(61)52-7)18-14-27-54-47(62)45(51(4,5)6)56-43(59)21-12-11-16-34(2)31-35(3)39-19-13-20-40(66-8)49(64)68-39/h11-12,14,16,20-21,27,31,35-39,41,45H,13,15,17-19,22-26,28-30,32-33H2,1-8H3,(H,52,61)(H,53,58)(H,54,62)(H,55,65)(H,56,59)/b16-11-,21-12-,27-14-,34-31+/t35-,36?,37?,38-,39-,41?,45+/m0/s1. The number of carbonyl (C=O) groups excluding carboxylic acids is 8. The van der Waals surface area contributed by atoms with E-state index in [-0.39, 0.29) is 85.5 Å². The molecule has 1 aliphatic carbocycles. The fraction of sp³-hybridized carbons (Fsp3) is 0.608. The Morgan fingerprint density at radius 3 is 2.41 bits per heavy atom. The first-order chi connectivity index (χ1) is 32.9. The van der Waals surface area contributed by atoms with Gasteiger partial charge in [-0.3, -0.25) is 33.7 Å². The van der Waals surface area contributed by atoms with Gasteiger partial charge in [0, 0.05) is 76.0 Å². The van der Waals surface area contributed by atoms with Crippen LogP contribution in [0.1, 0.15) is 112 Å². The summed E-state index contributed by atoms with van der Waals surface area (Å²) in [6.07, 6.45) is 17.4. The highest BCUT2D eigenvalue weighted by molar-refractivity contribution is 8.00. The molecule has 5 N–H and O–H groups in total. The Hall–Kier alpha value is -5.83. The molecule has 0 spiro atoms. The normalized spacial score (nSPS) is 21.3. The van der Waals surface area contributed by atoms with Gasteiger partial charge in [-0.15, -0.1) is 17.7 Å². The van der Waals surface area contributed by atoms with Crippen molar-refractivity contribution in [3.8, 4) is 11.8 Å². The molecule has 3 aliphatic rings. The summed E-state index contributed by atoms with van der Waals surface area (Å²) in [5, 5.41) is 13.2. The topological polar surface area (TPSA) is 228 Å². The Balaban J connectivity index is 1.34. The second-order valence-corrected chi connectivity index (χ2v) is 19.8. The van der Waals surface area contributed by atoms with E-state index in [1.165, 1.54) is 36.0 Å². The summed E-state index contributed by atoms with van der Waals surface area (Å²) in [5.74, 6) is 4.52. The van der Waals surface area contributed by atoms with Gasteiger partial charge >= 0.3 is 12.1 Å². The lowest BCUT2D eigenvalue weighted by molar-refractivity contribution is -0.149. The second-order valence-electron chi connectivity index (χ2n) is 18.5. The minimum Gasteiger partial charge on any atom is -0.490 e. The van der Waals surface area contributed by atoms with Crippen molar-refractivity contribution >= 4 is 59.3 Å². The van der Waals surface area contributed by atoms with E-state index >= 15 is 0 Å². The number of methoxy groups -OCH3 is 1. The van der Waals surface area contributed by atoms with Crippen LogP contribution < -0.4 is 26.6 Å². The minimum atomic E-state index is -0.875. The van der Waals surface area contributed by atoms with Crippen LogP contribution in [0.5, 0.6) is 0 Å². The number of carbonyl (C=O) groups is 8. The number of thioether (sulfide) groups is 1. The van der Waals surface area contributed by atoms with Gasteiger partial charge in [0.15, 0.2) is 5.76 Å². The van der Waals surface area contributed by atoms with Crippen LogP contribution in [-0.2, 0) is 47.8 Å². The van der Waals surface area contributed by atoms with Gasteiger partial charge in [0.1, 0.15) is 18.2 Å². The number of cyclic esters (lactones) is 1. The predicted molar refractivity (Wildman–Crippen MR) is 264 cm³/mol. The lowest BCUT2D eigenvalue weighted by atomic mass is 9.81. The van der Waals surface area contributed by atoms with Crippen LogP contribution >= 0.6 is 11.8 Å². The summed E-state index contributed by atoms with van der Waals surface area (Å²) >= 11 is 1.31. The van der Waals surface area contributed by atoms with Crippen molar-refractivity contribution in [3.05, 3.63) is 60.1 Å². The van der Waals surface area contributed by atoms with Gasteiger partial charge in [0.2, 0.25) is 35.4 Å². The Morgan fingerprint density at radius 2 is 1.72 bits per heavy atom. The van der Waals surface area contributed by atoms with E-state index in [1.807, 2.05) is 46.8 Å². The summed E-state index contributed by atoms with van der Waals surface area (Å²) in [5.41, 5.74) is 0.291. The van der Waals surface area contributed by atoms with Crippen molar-refractivity contribution in [3.63, 3.8) is 0 Å². The predicted octanol–water partition coefficient (Wildman–Crippen LogP) is 5.29. The molecule has 5 atom stereocenters. The van der Waals surface area contributed by atoms with E-state index in [1.54, 1.807) is 38.3 Å². The Morgan fingerprint density at radius 1 is 1.01 bits per heavy atom. The number of hydrogen-bond donors (Lipinski definition) is 5. The molecule has 1 saturated heterocycles. The number of ether oxygens (including phenoxy) is 3. The fourth-order valence-electron chi connectivity index (χ4n) is 8.01. The lowest BCUT2D eigenvalue weighted by Gasteiger charge is -2.29. The third-order valence-corrected chi connectivity index (χ3v) is 13.1. The van der Waals surface area contributed by atoms with Gasteiger partial charge in [-0.1, -0.05) is 69.6 Å². The summed E-state index contributed by atoms with van der Waals surface area (Å²) in [6, 6.07) is -0.875. The number of imide groups is 1. The minimum absolute atomic E-state index is 0.0151. The summed E-state index contributed by atoms with van der Waals surface area (Å²) in [7, 11) is 3.07. The number of nitrogens with zero attached hydrogens (tertiary/aromatic N) is 1. The van der Waals surface area contributed by atoms with Crippen molar-refractivity contribution in [1.82, 2.24) is 31.5 Å². The number of amides is 7. The second kappa shape index (κ2) is 29.9. The smallest absolute Gasteiger partial charge is 0.407 e. The summed E-state index contributed by atoms with van der Waals surface area (Å²) in [4.78, 5) is 102. The van der Waals surface area contributed by atoms with Gasteiger partial charge in [0.25, 0.3) is 0 Å². The van der Waals surface area contributed by atoms with Crippen molar-refractivity contribution in [2.75, 3.05) is 39.5 Å². The SMILES string of the molecule is CC#CC[C@@H](C/C=C\NC(=O)[C@@H](NC(=O)\C=C/C=C\C(C)=C\[C@H](C)[C@@H]1CCC=C(OC)C(=O)O1)C(C)(C)C)OC(=O)NCCCNC(=O)CCSC1CC(=O)N(CC2CCC(C(=O)NC)CC2)C1=O. The highest BCUT2D eigenvalue weighted by Crippen LogP contribution is 2.33. The molecular weight excluding hydrogens is 905 g/mol. The molecule has 380 valence electrons. The van der Waals surface area contributed by atoms with Crippen LogP contribution in [0, 0.1) is 35.0 Å². The first kappa shape index (κ1) is 57.5. The molecule has 7 amide bonds. The molecule has 17 nitrogen and oxygen atoms in total. The molecule has 0 radical (unpaired) electrons. The largest absolute Gasteiger partial charge is 0.490 e. The van der Waals surface area contributed by atoms with Crippen molar-refractivity contribution < 1.29 is 52.6 Å². The number of rotatable bonds is 24. The van der Waals surface area contributed by atoms with Gasteiger partial charge in [0.05, 0.1) is 12.4 Å². The maximum absolute atomic E-state index is 13.2. The quantitative estimate of drug-likeness (QED) is 0.0208. The fourth-order valence-corrected chi connectivity index (χ4v) is 9.12. The molecule has 2 heterocycles. The summed E-state index contributed by atoms with van der Waals surface area (Å²) in [6.45, 7) is 12.0. The van der Waals surface area contributed by atoms with Gasteiger partial charge in [-0.05, 0) is 82.4 Å². The van der Waals surface area contributed by atoms with E-state index in [9.17, 15) is 38.4 Å². The number of hydrogen-bond acceptors (Lipinski definition) is 12. The van der Waals surface area contributed by atoms with Crippen LogP contribution in [0.4, 0.5) is 4.79 Å². The maximum atomic E-state index is 13.2. The highest BCUT2D eigenvalue weighted by atomic mass is 32.2. The number of likely N-dealkylation sites (tertiary alicyclic amines) is 1. The monoisotopic (exact) mass is 979 g/mol. The van der Waals surface area contributed by atoms with Crippen LogP contribution in [0.15, 0.2) is 60.1 Å². The molecule has 1 unspecified atom stereocenters.